The lowest BCUT2D eigenvalue weighted by Gasteiger charge is -2.09. The van der Waals surface area contributed by atoms with Gasteiger partial charge in [0.2, 0.25) is 0 Å². The summed E-state index contributed by atoms with van der Waals surface area (Å²) >= 11 is 0. The summed E-state index contributed by atoms with van der Waals surface area (Å²) in [5.74, 6) is 0. The Kier molecular flexibility index (Phi) is 35.1. The molecule has 0 aliphatic carbocycles. The summed E-state index contributed by atoms with van der Waals surface area (Å²) in [5.41, 5.74) is 0. The van der Waals surface area contributed by atoms with Gasteiger partial charge in [-0.3, -0.25) is 0 Å². The maximum absolute atomic E-state index is 5.47. The van der Waals surface area contributed by atoms with Crippen LogP contribution in [0.25, 0.3) is 0 Å². The van der Waals surface area contributed by atoms with E-state index in [1.807, 2.05) is 7.05 Å². The van der Waals surface area contributed by atoms with Crippen LogP contribution in [0.5, 0.6) is 0 Å². The van der Waals surface area contributed by atoms with Gasteiger partial charge in [-0.15, -0.1) is 0 Å². The Labute approximate surface area is 225 Å². The molecule has 0 bridgehead atoms. The molecular formula is C26H55NO10. The van der Waals surface area contributed by atoms with Crippen LogP contribution >= 0.6 is 0 Å². The van der Waals surface area contributed by atoms with E-state index in [2.05, 4.69) is 12.2 Å². The van der Waals surface area contributed by atoms with E-state index in [-0.39, 0.29) is 0 Å². The molecule has 0 aliphatic heterocycles. The zero-order valence-electron chi connectivity index (χ0n) is 23.6. The van der Waals surface area contributed by atoms with Crippen molar-refractivity contribution in [1.82, 2.24) is 5.32 Å². The average molecular weight is 542 g/mol. The highest BCUT2D eigenvalue weighted by molar-refractivity contribution is 4.40. The Morgan fingerprint density at radius 2 is 0.568 bits per heavy atom. The van der Waals surface area contributed by atoms with Crippen molar-refractivity contribution in [3.8, 4) is 0 Å². The Morgan fingerprint density at radius 1 is 0.324 bits per heavy atom. The van der Waals surface area contributed by atoms with Crippen LogP contribution in [0, 0.1) is 0 Å². The van der Waals surface area contributed by atoms with Gasteiger partial charge in [-0.2, -0.15) is 0 Å². The van der Waals surface area contributed by atoms with Crippen LogP contribution in [-0.4, -0.2) is 146 Å². The van der Waals surface area contributed by atoms with Gasteiger partial charge in [0.1, 0.15) is 0 Å². The molecule has 0 heterocycles. The normalized spacial score (nSPS) is 11.5. The van der Waals surface area contributed by atoms with Crippen LogP contribution in [0.4, 0.5) is 0 Å². The maximum Gasteiger partial charge on any atom is 0.0701 e. The molecule has 1 N–H and O–H groups in total. The summed E-state index contributed by atoms with van der Waals surface area (Å²) in [6, 6.07) is 0. The first-order chi connectivity index (χ1) is 18.4. The second-order valence-corrected chi connectivity index (χ2v) is 7.93. The van der Waals surface area contributed by atoms with E-state index >= 15 is 0 Å². The first-order valence-electron chi connectivity index (χ1n) is 13.8. The molecule has 0 unspecified atom stereocenters. The summed E-state index contributed by atoms with van der Waals surface area (Å²) in [6.07, 6.45) is 3.56. The molecule has 0 aromatic carbocycles. The van der Waals surface area contributed by atoms with Gasteiger partial charge >= 0.3 is 0 Å². The summed E-state index contributed by atoms with van der Waals surface area (Å²) < 4.78 is 54.4. The van der Waals surface area contributed by atoms with Crippen LogP contribution in [0.3, 0.4) is 0 Å². The van der Waals surface area contributed by atoms with Crippen molar-refractivity contribution >= 4 is 0 Å². The molecule has 0 saturated heterocycles. The van der Waals surface area contributed by atoms with Crippen LogP contribution in [-0.2, 0) is 47.4 Å². The minimum Gasteiger partial charge on any atom is -0.379 e. The summed E-state index contributed by atoms with van der Waals surface area (Å²) in [7, 11) is 1.90. The second kappa shape index (κ2) is 35.6. The van der Waals surface area contributed by atoms with E-state index < -0.39 is 0 Å². The van der Waals surface area contributed by atoms with Crippen LogP contribution in [0.2, 0.25) is 0 Å². The van der Waals surface area contributed by atoms with Gasteiger partial charge in [-0.1, -0.05) is 19.8 Å². The summed E-state index contributed by atoms with van der Waals surface area (Å²) in [4.78, 5) is 0. The first-order valence-corrected chi connectivity index (χ1v) is 13.8. The number of likely N-dealkylation sites (N-methyl/N-ethyl adjacent to an activating group) is 1. The summed E-state index contributed by atoms with van der Waals surface area (Å²) in [5, 5.41) is 3.02. The van der Waals surface area contributed by atoms with Gasteiger partial charge in [0.05, 0.1) is 126 Å². The van der Waals surface area contributed by atoms with Crippen LogP contribution in [0.1, 0.15) is 26.2 Å². The summed E-state index contributed by atoms with van der Waals surface area (Å²) in [6.45, 7) is 14.6. The minimum atomic E-state index is 0.531. The number of unbranched alkanes of at least 4 members (excludes halogenated alkanes) is 2. The smallest absolute Gasteiger partial charge is 0.0701 e. The van der Waals surface area contributed by atoms with Gasteiger partial charge in [0.15, 0.2) is 0 Å². The third-order valence-corrected chi connectivity index (χ3v) is 4.74. The largest absolute Gasteiger partial charge is 0.379 e. The zero-order valence-corrected chi connectivity index (χ0v) is 23.6. The Balaban J connectivity index is 3.00. The number of rotatable bonds is 34. The lowest BCUT2D eigenvalue weighted by molar-refractivity contribution is -0.0264. The Morgan fingerprint density at radius 3 is 0.811 bits per heavy atom. The van der Waals surface area contributed by atoms with Crippen LogP contribution < -0.4 is 5.32 Å². The monoisotopic (exact) mass is 541 g/mol. The predicted octanol–water partition coefficient (Wildman–Crippen LogP) is 1.56. The van der Waals surface area contributed by atoms with Gasteiger partial charge in [-0.25, -0.2) is 0 Å². The molecule has 37 heavy (non-hydrogen) atoms. The predicted molar refractivity (Wildman–Crippen MR) is 142 cm³/mol. The zero-order chi connectivity index (χ0) is 26.7. The van der Waals surface area contributed by atoms with Gasteiger partial charge < -0.3 is 52.7 Å². The molecule has 0 aromatic heterocycles. The fourth-order valence-electron chi connectivity index (χ4n) is 2.71. The molecule has 0 aromatic rings. The number of nitrogens with one attached hydrogen (secondary N) is 1. The molecule has 224 valence electrons. The van der Waals surface area contributed by atoms with Crippen molar-refractivity contribution in [3.63, 3.8) is 0 Å². The van der Waals surface area contributed by atoms with Crippen LogP contribution in [0.15, 0.2) is 0 Å². The molecule has 0 spiro atoms. The minimum absolute atomic E-state index is 0.531. The lowest BCUT2D eigenvalue weighted by atomic mass is 10.3. The van der Waals surface area contributed by atoms with Crippen molar-refractivity contribution in [2.45, 2.75) is 26.2 Å². The molecule has 0 fully saturated rings. The lowest BCUT2D eigenvalue weighted by Crippen LogP contribution is -2.17. The molecular weight excluding hydrogens is 486 g/mol. The molecule has 0 rings (SSSR count). The van der Waals surface area contributed by atoms with E-state index in [1.54, 1.807) is 0 Å². The van der Waals surface area contributed by atoms with Gasteiger partial charge in [-0.05, 0) is 13.5 Å². The molecule has 0 amide bonds. The highest BCUT2D eigenvalue weighted by atomic mass is 16.6. The first kappa shape index (κ1) is 36.6. The molecule has 0 aliphatic rings. The number of hydrogen-bond acceptors (Lipinski definition) is 11. The highest BCUT2D eigenvalue weighted by Gasteiger charge is 1.96. The SMILES string of the molecule is CCCCCOCCOCCOCCOCCOCCOCCOCCOCCOCCOCCNC. The third-order valence-electron chi connectivity index (χ3n) is 4.74. The van der Waals surface area contributed by atoms with Crippen molar-refractivity contribution in [3.05, 3.63) is 0 Å². The number of hydrogen-bond donors (Lipinski definition) is 1. The van der Waals surface area contributed by atoms with Crippen molar-refractivity contribution in [2.24, 2.45) is 0 Å². The Hall–Kier alpha value is -0.440. The van der Waals surface area contributed by atoms with E-state index in [9.17, 15) is 0 Å². The fraction of sp³-hybridized carbons (Fsp3) is 1.00. The topological polar surface area (TPSA) is 104 Å². The van der Waals surface area contributed by atoms with Crippen molar-refractivity contribution < 1.29 is 47.4 Å². The molecule has 0 atom stereocenters. The molecule has 0 radical (unpaired) electrons. The Bertz CT molecular complexity index is 362. The van der Waals surface area contributed by atoms with E-state index in [0.717, 1.165) is 19.6 Å². The van der Waals surface area contributed by atoms with E-state index in [4.69, 9.17) is 47.4 Å². The van der Waals surface area contributed by atoms with Gasteiger partial charge in [0.25, 0.3) is 0 Å². The number of ether oxygens (including phenoxy) is 10. The third kappa shape index (κ3) is 35.6. The van der Waals surface area contributed by atoms with E-state index in [0.29, 0.717) is 126 Å². The maximum atomic E-state index is 5.47. The van der Waals surface area contributed by atoms with E-state index in [1.165, 1.54) is 12.8 Å². The standard InChI is InChI=1S/C26H55NO10/c1-3-4-5-7-28-9-11-30-13-15-32-17-19-34-21-23-36-25-26-37-24-22-35-20-18-33-16-14-31-12-10-29-8-6-27-2/h27H,3-26H2,1-2H3. The van der Waals surface area contributed by atoms with Crippen molar-refractivity contribution in [2.75, 3.05) is 146 Å². The molecule has 0 saturated carbocycles. The second-order valence-electron chi connectivity index (χ2n) is 7.93. The quantitative estimate of drug-likeness (QED) is 0.120. The highest BCUT2D eigenvalue weighted by Crippen LogP contribution is 1.94. The molecule has 11 nitrogen and oxygen atoms in total. The molecule has 11 heteroatoms. The average Bonchev–Trinajstić information content (AvgIpc) is 2.91. The van der Waals surface area contributed by atoms with Crippen molar-refractivity contribution in [1.29, 1.82) is 0 Å². The fourth-order valence-corrected chi connectivity index (χ4v) is 2.71. The van der Waals surface area contributed by atoms with Gasteiger partial charge in [0, 0.05) is 13.2 Å².